The van der Waals surface area contributed by atoms with Crippen LogP contribution in [0.5, 0.6) is 5.75 Å². The van der Waals surface area contributed by atoms with E-state index in [0.29, 0.717) is 19.5 Å². The third kappa shape index (κ3) is 4.51. The zero-order chi connectivity index (χ0) is 20.4. The topological polar surface area (TPSA) is 88.8 Å². The van der Waals surface area contributed by atoms with E-state index in [9.17, 15) is 8.42 Å². The van der Waals surface area contributed by atoms with Crippen molar-refractivity contribution in [3.05, 3.63) is 54.0 Å². The number of piperidine rings is 1. The molecule has 1 aromatic carbocycles. The first-order valence-electron chi connectivity index (χ1n) is 9.61. The number of aromatic nitrogens is 3. The van der Waals surface area contributed by atoms with Gasteiger partial charge in [0.1, 0.15) is 5.75 Å². The second-order valence-electron chi connectivity index (χ2n) is 7.32. The maximum absolute atomic E-state index is 11.7. The lowest BCUT2D eigenvalue weighted by atomic mass is 10.1. The van der Waals surface area contributed by atoms with Crippen LogP contribution in [0.4, 0.5) is 5.69 Å². The highest BCUT2D eigenvalue weighted by Gasteiger charge is 2.25. The summed E-state index contributed by atoms with van der Waals surface area (Å²) < 4.78 is 31.9. The van der Waals surface area contributed by atoms with Crippen LogP contribution >= 0.6 is 0 Å². The third-order valence-corrected chi connectivity index (χ3v) is 6.51. The largest absolute Gasteiger partial charge is 0.497 e. The van der Waals surface area contributed by atoms with Crippen LogP contribution < -0.4 is 10.1 Å². The Bertz CT molecular complexity index is 1090. The molecule has 0 bridgehead atoms. The molecule has 0 aliphatic carbocycles. The zero-order valence-corrected chi connectivity index (χ0v) is 17.4. The number of hydrogen-bond acceptors (Lipinski definition) is 6. The van der Waals surface area contributed by atoms with E-state index >= 15 is 0 Å². The van der Waals surface area contributed by atoms with E-state index in [1.807, 2.05) is 42.6 Å². The van der Waals surface area contributed by atoms with Crippen molar-refractivity contribution in [1.82, 2.24) is 18.9 Å². The Hall–Kier alpha value is -2.65. The first kappa shape index (κ1) is 19.7. The molecule has 1 fully saturated rings. The Morgan fingerprint density at radius 1 is 1.17 bits per heavy atom. The van der Waals surface area contributed by atoms with E-state index in [2.05, 4.69) is 10.4 Å². The van der Waals surface area contributed by atoms with E-state index in [1.54, 1.807) is 11.6 Å². The molecule has 0 radical (unpaired) electrons. The number of nitrogens with one attached hydrogen (secondary N) is 1. The van der Waals surface area contributed by atoms with Gasteiger partial charge >= 0.3 is 0 Å². The predicted molar refractivity (Wildman–Crippen MR) is 112 cm³/mol. The smallest absolute Gasteiger partial charge is 0.211 e. The fourth-order valence-corrected chi connectivity index (χ4v) is 4.49. The fraction of sp³-hybridized carbons (Fsp3) is 0.400. The summed E-state index contributed by atoms with van der Waals surface area (Å²) in [5, 5.41) is 8.12. The van der Waals surface area contributed by atoms with Gasteiger partial charge in [-0.05, 0) is 42.7 Å². The molecule has 1 N–H and O–H groups in total. The summed E-state index contributed by atoms with van der Waals surface area (Å²) in [4.78, 5) is 4.72. The normalized spacial score (nSPS) is 16.2. The van der Waals surface area contributed by atoms with Crippen LogP contribution in [0.25, 0.3) is 5.65 Å². The number of methoxy groups -OCH3 is 1. The molecular formula is C20H25N5O3S. The van der Waals surface area contributed by atoms with Crippen molar-refractivity contribution in [1.29, 1.82) is 0 Å². The molecule has 0 spiro atoms. The molecule has 154 valence electrons. The molecule has 1 aliphatic rings. The SMILES string of the molecule is COc1ccc(Cc2nc3c(NC4CCN(S(C)(=O)=O)CC4)cccn3n2)cc1. The van der Waals surface area contributed by atoms with E-state index in [0.717, 1.165) is 41.3 Å². The van der Waals surface area contributed by atoms with Gasteiger partial charge in [-0.15, -0.1) is 0 Å². The van der Waals surface area contributed by atoms with E-state index in [4.69, 9.17) is 9.72 Å². The average Bonchev–Trinajstić information content (AvgIpc) is 3.12. The van der Waals surface area contributed by atoms with Crippen LogP contribution in [0, 0.1) is 0 Å². The Kier molecular flexibility index (Phi) is 5.42. The Morgan fingerprint density at radius 2 is 1.90 bits per heavy atom. The lowest BCUT2D eigenvalue weighted by Crippen LogP contribution is -2.41. The molecule has 8 nitrogen and oxygen atoms in total. The lowest BCUT2D eigenvalue weighted by molar-refractivity contribution is 0.332. The summed E-state index contributed by atoms with van der Waals surface area (Å²) >= 11 is 0. The van der Waals surface area contributed by atoms with E-state index in [1.165, 1.54) is 10.6 Å². The highest BCUT2D eigenvalue weighted by molar-refractivity contribution is 7.88. The van der Waals surface area contributed by atoms with Gasteiger partial charge in [0, 0.05) is 31.7 Å². The minimum atomic E-state index is -3.12. The van der Waals surface area contributed by atoms with Gasteiger partial charge in [0.15, 0.2) is 11.5 Å². The summed E-state index contributed by atoms with van der Waals surface area (Å²) in [6, 6.07) is 12.0. The predicted octanol–water partition coefficient (Wildman–Crippen LogP) is 2.16. The van der Waals surface area contributed by atoms with Gasteiger partial charge in [0.2, 0.25) is 10.0 Å². The quantitative estimate of drug-likeness (QED) is 0.664. The van der Waals surface area contributed by atoms with E-state index in [-0.39, 0.29) is 6.04 Å². The van der Waals surface area contributed by atoms with E-state index < -0.39 is 10.0 Å². The fourth-order valence-electron chi connectivity index (χ4n) is 3.62. The first-order chi connectivity index (χ1) is 13.9. The number of rotatable bonds is 6. The van der Waals surface area contributed by atoms with Crippen molar-refractivity contribution < 1.29 is 13.2 Å². The minimum absolute atomic E-state index is 0.209. The monoisotopic (exact) mass is 415 g/mol. The molecule has 29 heavy (non-hydrogen) atoms. The van der Waals surface area contributed by atoms with Crippen molar-refractivity contribution in [2.75, 3.05) is 31.8 Å². The van der Waals surface area contributed by atoms with Crippen LogP contribution in [-0.2, 0) is 16.4 Å². The molecule has 0 atom stereocenters. The van der Waals surface area contributed by atoms with Crippen LogP contribution in [0.15, 0.2) is 42.6 Å². The maximum Gasteiger partial charge on any atom is 0.211 e. The van der Waals surface area contributed by atoms with Crippen molar-refractivity contribution in [3.63, 3.8) is 0 Å². The van der Waals surface area contributed by atoms with Gasteiger partial charge in [-0.1, -0.05) is 12.1 Å². The Balaban J connectivity index is 1.48. The third-order valence-electron chi connectivity index (χ3n) is 5.21. The minimum Gasteiger partial charge on any atom is -0.497 e. The standard InChI is InChI=1S/C20H25N5O3S/c1-28-17-7-5-15(6-8-17)14-19-22-20-18(4-3-11-25(20)23-19)21-16-9-12-24(13-10-16)29(2,26)27/h3-8,11,16,21H,9-10,12-14H2,1-2H3. The number of ether oxygens (including phenoxy) is 1. The summed E-state index contributed by atoms with van der Waals surface area (Å²) in [5.41, 5.74) is 2.81. The van der Waals surface area contributed by atoms with Gasteiger partial charge < -0.3 is 10.1 Å². The summed E-state index contributed by atoms with van der Waals surface area (Å²) in [6.07, 6.45) is 5.32. The van der Waals surface area contributed by atoms with Gasteiger partial charge in [-0.2, -0.15) is 5.10 Å². The summed E-state index contributed by atoms with van der Waals surface area (Å²) in [7, 11) is -1.47. The Labute approximate surface area is 170 Å². The molecular weight excluding hydrogens is 390 g/mol. The molecule has 9 heteroatoms. The molecule has 3 heterocycles. The lowest BCUT2D eigenvalue weighted by Gasteiger charge is -2.31. The molecule has 2 aromatic heterocycles. The number of sulfonamides is 1. The number of benzene rings is 1. The summed E-state index contributed by atoms with van der Waals surface area (Å²) in [5.74, 6) is 1.57. The van der Waals surface area contributed by atoms with Gasteiger partial charge in [0.25, 0.3) is 0 Å². The molecule has 0 unspecified atom stereocenters. The Morgan fingerprint density at radius 3 is 2.55 bits per heavy atom. The van der Waals surface area contributed by atoms with Crippen molar-refractivity contribution >= 4 is 21.4 Å². The highest BCUT2D eigenvalue weighted by atomic mass is 32.2. The zero-order valence-electron chi connectivity index (χ0n) is 16.6. The highest BCUT2D eigenvalue weighted by Crippen LogP contribution is 2.22. The number of nitrogens with zero attached hydrogens (tertiary/aromatic N) is 4. The van der Waals surface area contributed by atoms with Crippen molar-refractivity contribution in [3.8, 4) is 5.75 Å². The van der Waals surface area contributed by atoms with Crippen LogP contribution in [0.3, 0.4) is 0 Å². The first-order valence-corrected chi connectivity index (χ1v) is 11.5. The van der Waals surface area contributed by atoms with Gasteiger partial charge in [-0.25, -0.2) is 22.2 Å². The second-order valence-corrected chi connectivity index (χ2v) is 9.31. The number of anilines is 1. The van der Waals surface area contributed by atoms with Gasteiger partial charge in [-0.3, -0.25) is 0 Å². The van der Waals surface area contributed by atoms with Crippen molar-refractivity contribution in [2.24, 2.45) is 0 Å². The number of hydrogen-bond donors (Lipinski definition) is 1. The molecule has 0 amide bonds. The molecule has 0 saturated carbocycles. The average molecular weight is 416 g/mol. The van der Waals surface area contributed by atoms with Crippen molar-refractivity contribution in [2.45, 2.75) is 25.3 Å². The van der Waals surface area contributed by atoms with Gasteiger partial charge in [0.05, 0.1) is 19.1 Å². The maximum atomic E-state index is 11.7. The second kappa shape index (κ2) is 8.00. The molecule has 1 saturated heterocycles. The molecule has 1 aliphatic heterocycles. The molecule has 4 rings (SSSR count). The number of fused-ring (bicyclic) bond motifs is 1. The molecule has 3 aromatic rings. The number of pyridine rings is 1. The van der Waals surface area contributed by atoms with Crippen LogP contribution in [0.2, 0.25) is 0 Å². The van der Waals surface area contributed by atoms with Crippen LogP contribution in [-0.4, -0.2) is 59.8 Å². The van der Waals surface area contributed by atoms with Crippen LogP contribution in [0.1, 0.15) is 24.2 Å². The summed E-state index contributed by atoms with van der Waals surface area (Å²) in [6.45, 7) is 1.07.